The SMILES string of the molecule is CC(C)CCCCCCCCCCCCCCCCCCC(=O)OC[C@H](COC(=O)CCCCCCCCCCCCCC(C)C)OC(=O)CCCCCCCCCCCCCCC(C)C. The van der Waals surface area contributed by atoms with Crippen LogP contribution in [0.1, 0.15) is 330 Å². The molecule has 0 spiro atoms. The fourth-order valence-corrected chi connectivity index (χ4v) is 9.18. The molecule has 0 aromatic heterocycles. The first-order valence-electron chi connectivity index (χ1n) is 29.6. The number of hydrogen-bond acceptors (Lipinski definition) is 6. The van der Waals surface area contributed by atoms with Crippen LogP contribution in [-0.2, 0) is 28.6 Å². The van der Waals surface area contributed by atoms with Crippen molar-refractivity contribution in [3.05, 3.63) is 0 Å². The van der Waals surface area contributed by atoms with Crippen molar-refractivity contribution in [3.63, 3.8) is 0 Å². The standard InChI is InChI=1S/C60H116O6/c1-54(2)46-40-34-28-22-16-11-9-7-8-10-12-19-25-31-37-43-49-58(61)64-52-57(53-65-59(62)50-44-38-32-26-21-15-18-24-30-36-42-48-56(5)6)66-60(63)51-45-39-33-27-20-14-13-17-23-29-35-41-47-55(3)4/h54-57H,7-53H2,1-6H3/t57-/m1/s1. The summed E-state index contributed by atoms with van der Waals surface area (Å²) in [5.41, 5.74) is 0. The second-order valence-corrected chi connectivity index (χ2v) is 22.1. The maximum absolute atomic E-state index is 12.9. The van der Waals surface area contributed by atoms with Crippen molar-refractivity contribution in [2.45, 2.75) is 337 Å². The molecule has 0 aliphatic rings. The van der Waals surface area contributed by atoms with Crippen LogP contribution in [0, 0.1) is 17.8 Å². The minimum atomic E-state index is -0.764. The van der Waals surface area contributed by atoms with Crippen LogP contribution < -0.4 is 0 Å². The third-order valence-corrected chi connectivity index (χ3v) is 13.6. The molecule has 0 aromatic rings. The van der Waals surface area contributed by atoms with E-state index >= 15 is 0 Å². The van der Waals surface area contributed by atoms with Gasteiger partial charge in [0.1, 0.15) is 13.2 Å². The molecule has 0 aromatic carbocycles. The van der Waals surface area contributed by atoms with Crippen molar-refractivity contribution < 1.29 is 28.6 Å². The molecule has 0 fully saturated rings. The van der Waals surface area contributed by atoms with E-state index in [9.17, 15) is 14.4 Å². The maximum atomic E-state index is 12.9. The Balaban J connectivity index is 4.28. The average molecular weight is 934 g/mol. The second-order valence-electron chi connectivity index (χ2n) is 22.1. The monoisotopic (exact) mass is 933 g/mol. The van der Waals surface area contributed by atoms with E-state index in [2.05, 4.69) is 41.5 Å². The van der Waals surface area contributed by atoms with Gasteiger partial charge in [-0.05, 0) is 37.0 Å². The number of ether oxygens (including phenoxy) is 3. The zero-order valence-corrected chi connectivity index (χ0v) is 45.5. The van der Waals surface area contributed by atoms with E-state index in [0.29, 0.717) is 19.3 Å². The van der Waals surface area contributed by atoms with E-state index < -0.39 is 6.10 Å². The number of unbranched alkanes of at least 4 members (excludes halogenated alkanes) is 36. The Morgan fingerprint density at radius 3 is 0.652 bits per heavy atom. The van der Waals surface area contributed by atoms with Gasteiger partial charge in [-0.3, -0.25) is 14.4 Å². The molecule has 0 heterocycles. The molecule has 1 atom stereocenters. The van der Waals surface area contributed by atoms with Gasteiger partial charge in [-0.1, -0.05) is 292 Å². The highest BCUT2D eigenvalue weighted by Crippen LogP contribution is 2.19. The summed E-state index contributed by atoms with van der Waals surface area (Å²) >= 11 is 0. The minimum Gasteiger partial charge on any atom is -0.462 e. The molecule has 0 bridgehead atoms. The van der Waals surface area contributed by atoms with Crippen LogP contribution in [0.4, 0.5) is 0 Å². The van der Waals surface area contributed by atoms with Gasteiger partial charge in [0, 0.05) is 19.3 Å². The third-order valence-electron chi connectivity index (χ3n) is 13.6. The van der Waals surface area contributed by atoms with Gasteiger partial charge in [0.15, 0.2) is 6.10 Å². The van der Waals surface area contributed by atoms with Gasteiger partial charge < -0.3 is 14.2 Å². The molecule has 6 heteroatoms. The lowest BCUT2D eigenvalue weighted by molar-refractivity contribution is -0.167. The van der Waals surface area contributed by atoms with Gasteiger partial charge >= 0.3 is 17.9 Å². The molecule has 6 nitrogen and oxygen atoms in total. The lowest BCUT2D eigenvalue weighted by Gasteiger charge is -2.18. The van der Waals surface area contributed by atoms with Crippen LogP contribution in [0.3, 0.4) is 0 Å². The van der Waals surface area contributed by atoms with Crippen molar-refractivity contribution >= 4 is 17.9 Å². The smallest absolute Gasteiger partial charge is 0.306 e. The predicted molar refractivity (Wildman–Crippen MR) is 284 cm³/mol. The largest absolute Gasteiger partial charge is 0.462 e. The number of carbonyl (C=O) groups is 3. The number of rotatable bonds is 53. The van der Waals surface area contributed by atoms with Crippen molar-refractivity contribution in [1.82, 2.24) is 0 Å². The molecular formula is C60H116O6. The molecule has 0 saturated carbocycles. The Kier molecular flexibility index (Phi) is 50.0. The number of hydrogen-bond donors (Lipinski definition) is 0. The van der Waals surface area contributed by atoms with E-state index in [1.807, 2.05) is 0 Å². The Bertz CT molecular complexity index is 1020. The first-order valence-corrected chi connectivity index (χ1v) is 29.6. The summed E-state index contributed by atoms with van der Waals surface area (Å²) in [5, 5.41) is 0. The third kappa shape index (κ3) is 53.4. The molecule has 0 N–H and O–H groups in total. The summed E-state index contributed by atoms with van der Waals surface area (Å²) in [4.78, 5) is 38.2. The molecule has 0 radical (unpaired) electrons. The van der Waals surface area contributed by atoms with Crippen molar-refractivity contribution in [2.75, 3.05) is 13.2 Å². The molecule has 392 valence electrons. The minimum absolute atomic E-state index is 0.0633. The Morgan fingerprint density at radius 1 is 0.258 bits per heavy atom. The van der Waals surface area contributed by atoms with Gasteiger partial charge in [-0.2, -0.15) is 0 Å². The second kappa shape index (κ2) is 51.3. The molecule has 0 amide bonds. The zero-order valence-electron chi connectivity index (χ0n) is 45.5. The Labute approximate surface area is 412 Å². The highest BCUT2D eigenvalue weighted by atomic mass is 16.6. The van der Waals surface area contributed by atoms with Crippen LogP contribution in [0.15, 0.2) is 0 Å². The molecule has 0 unspecified atom stereocenters. The van der Waals surface area contributed by atoms with Crippen molar-refractivity contribution in [3.8, 4) is 0 Å². The summed E-state index contributed by atoms with van der Waals surface area (Å²) < 4.78 is 16.9. The topological polar surface area (TPSA) is 78.9 Å². The fraction of sp³-hybridized carbons (Fsp3) is 0.950. The number of esters is 3. The summed E-state index contributed by atoms with van der Waals surface area (Å²) in [6, 6.07) is 0. The van der Waals surface area contributed by atoms with E-state index in [4.69, 9.17) is 14.2 Å². The fourth-order valence-electron chi connectivity index (χ4n) is 9.18. The lowest BCUT2D eigenvalue weighted by atomic mass is 10.0. The van der Waals surface area contributed by atoms with E-state index in [1.165, 1.54) is 212 Å². The Hall–Kier alpha value is -1.59. The lowest BCUT2D eigenvalue weighted by Crippen LogP contribution is -2.30. The van der Waals surface area contributed by atoms with Crippen LogP contribution in [0.5, 0.6) is 0 Å². The van der Waals surface area contributed by atoms with Gasteiger partial charge in [-0.15, -0.1) is 0 Å². The predicted octanol–water partition coefficient (Wildman–Crippen LogP) is 19.5. The molecule has 0 rings (SSSR count). The number of carbonyl (C=O) groups excluding carboxylic acids is 3. The van der Waals surface area contributed by atoms with Gasteiger partial charge in [0.05, 0.1) is 0 Å². The highest BCUT2D eigenvalue weighted by molar-refractivity contribution is 5.71. The van der Waals surface area contributed by atoms with Crippen molar-refractivity contribution in [1.29, 1.82) is 0 Å². The van der Waals surface area contributed by atoms with Crippen LogP contribution >= 0.6 is 0 Å². The van der Waals surface area contributed by atoms with Gasteiger partial charge in [-0.25, -0.2) is 0 Å². The van der Waals surface area contributed by atoms with Crippen LogP contribution in [-0.4, -0.2) is 37.2 Å². The van der Waals surface area contributed by atoms with E-state index in [-0.39, 0.29) is 31.1 Å². The highest BCUT2D eigenvalue weighted by Gasteiger charge is 2.19. The summed E-state index contributed by atoms with van der Waals surface area (Å²) in [7, 11) is 0. The molecular weight excluding hydrogens is 817 g/mol. The van der Waals surface area contributed by atoms with Gasteiger partial charge in [0.25, 0.3) is 0 Å². The summed E-state index contributed by atoms with van der Waals surface area (Å²) in [6.45, 7) is 13.8. The zero-order chi connectivity index (χ0) is 48.4. The quantitative estimate of drug-likeness (QED) is 0.0343. The molecule has 0 aliphatic carbocycles. The molecule has 0 aliphatic heterocycles. The molecule has 0 saturated heterocycles. The average Bonchev–Trinajstić information content (AvgIpc) is 3.28. The van der Waals surface area contributed by atoms with E-state index in [0.717, 1.165) is 75.5 Å². The Morgan fingerprint density at radius 2 is 0.439 bits per heavy atom. The first-order chi connectivity index (χ1) is 32.1. The van der Waals surface area contributed by atoms with E-state index in [1.54, 1.807) is 0 Å². The van der Waals surface area contributed by atoms with Crippen LogP contribution in [0.2, 0.25) is 0 Å². The van der Waals surface area contributed by atoms with Crippen LogP contribution in [0.25, 0.3) is 0 Å². The first kappa shape index (κ1) is 64.4. The summed E-state index contributed by atoms with van der Waals surface area (Å²) in [6.07, 6.45) is 53.8. The van der Waals surface area contributed by atoms with Gasteiger partial charge in [0.2, 0.25) is 0 Å². The normalized spacial score (nSPS) is 12.1. The van der Waals surface area contributed by atoms with Crippen molar-refractivity contribution in [2.24, 2.45) is 17.8 Å². The molecule has 66 heavy (non-hydrogen) atoms. The maximum Gasteiger partial charge on any atom is 0.306 e. The summed E-state index contributed by atoms with van der Waals surface area (Å²) in [5.74, 6) is 1.67.